The predicted molar refractivity (Wildman–Crippen MR) is 101 cm³/mol. The standard InChI is InChI=1S/C19H21FN4OS/c1-12(18-21-6-9-26-18)23-19(25)24-7-4-13(5-8-24)16-11-22-17-3-2-14(20)10-15(16)17/h2-3,6,9-13,22H,4-5,7-8H2,1H3,(H,23,25)/t12-/m0/s1. The molecule has 0 spiro atoms. The number of benzene rings is 1. The lowest BCUT2D eigenvalue weighted by molar-refractivity contribution is 0.178. The van der Waals surface area contributed by atoms with Gasteiger partial charge in [0.15, 0.2) is 0 Å². The first-order chi connectivity index (χ1) is 12.6. The van der Waals surface area contributed by atoms with E-state index in [0.29, 0.717) is 19.0 Å². The number of amides is 2. The van der Waals surface area contributed by atoms with Gasteiger partial charge in [-0.25, -0.2) is 14.2 Å². The zero-order valence-corrected chi connectivity index (χ0v) is 15.4. The van der Waals surface area contributed by atoms with Gasteiger partial charge in [0, 0.05) is 41.8 Å². The van der Waals surface area contributed by atoms with Crippen molar-refractivity contribution in [3.05, 3.63) is 52.4 Å². The van der Waals surface area contributed by atoms with Crippen molar-refractivity contribution in [2.75, 3.05) is 13.1 Å². The van der Waals surface area contributed by atoms with Crippen LogP contribution in [0, 0.1) is 5.82 Å². The minimum absolute atomic E-state index is 0.0453. The number of thiazole rings is 1. The van der Waals surface area contributed by atoms with Crippen LogP contribution in [0.2, 0.25) is 0 Å². The second-order valence-corrected chi connectivity index (χ2v) is 7.66. The molecule has 2 aromatic heterocycles. The van der Waals surface area contributed by atoms with E-state index in [1.807, 2.05) is 23.4 Å². The van der Waals surface area contributed by atoms with Crippen LogP contribution in [0.1, 0.15) is 42.3 Å². The fourth-order valence-corrected chi connectivity index (χ4v) is 4.28. The quantitative estimate of drug-likeness (QED) is 0.715. The molecule has 2 N–H and O–H groups in total. The summed E-state index contributed by atoms with van der Waals surface area (Å²) in [6, 6.07) is 4.71. The molecule has 0 saturated carbocycles. The van der Waals surface area contributed by atoms with E-state index >= 15 is 0 Å². The van der Waals surface area contributed by atoms with Gasteiger partial charge in [-0.1, -0.05) is 0 Å². The smallest absolute Gasteiger partial charge is 0.317 e. The fraction of sp³-hybridized carbons (Fsp3) is 0.368. The molecule has 26 heavy (non-hydrogen) atoms. The minimum Gasteiger partial charge on any atom is -0.361 e. The number of nitrogens with zero attached hydrogens (tertiary/aromatic N) is 2. The maximum Gasteiger partial charge on any atom is 0.317 e. The van der Waals surface area contributed by atoms with E-state index < -0.39 is 0 Å². The Morgan fingerprint density at radius 3 is 2.96 bits per heavy atom. The highest BCUT2D eigenvalue weighted by Gasteiger charge is 2.26. The number of fused-ring (bicyclic) bond motifs is 1. The van der Waals surface area contributed by atoms with E-state index in [4.69, 9.17) is 0 Å². The first-order valence-electron chi connectivity index (χ1n) is 8.83. The maximum atomic E-state index is 13.6. The molecule has 3 aromatic rings. The van der Waals surface area contributed by atoms with E-state index in [0.717, 1.165) is 34.3 Å². The van der Waals surface area contributed by atoms with Gasteiger partial charge in [0.05, 0.1) is 6.04 Å². The number of carbonyl (C=O) groups excluding carboxylic acids is 1. The van der Waals surface area contributed by atoms with Gasteiger partial charge in [0.2, 0.25) is 0 Å². The number of aromatic amines is 1. The van der Waals surface area contributed by atoms with E-state index in [1.165, 1.54) is 6.07 Å². The lowest BCUT2D eigenvalue weighted by Crippen LogP contribution is -2.44. The number of H-pyrrole nitrogens is 1. The molecule has 2 amide bonds. The van der Waals surface area contributed by atoms with Crippen molar-refractivity contribution < 1.29 is 9.18 Å². The molecular formula is C19H21FN4OS. The van der Waals surface area contributed by atoms with Crippen molar-refractivity contribution in [1.29, 1.82) is 0 Å². The molecule has 5 nitrogen and oxygen atoms in total. The van der Waals surface area contributed by atoms with Crippen LogP contribution >= 0.6 is 11.3 Å². The number of hydrogen-bond donors (Lipinski definition) is 2. The van der Waals surface area contributed by atoms with Gasteiger partial charge in [-0.3, -0.25) is 0 Å². The SMILES string of the molecule is C[C@H](NC(=O)N1CCC(c2c[nH]c3ccc(F)cc23)CC1)c1nccs1. The Labute approximate surface area is 155 Å². The third kappa shape index (κ3) is 3.31. The molecule has 4 rings (SSSR count). The number of halogens is 1. The van der Waals surface area contributed by atoms with Crippen LogP contribution in [0.15, 0.2) is 36.0 Å². The van der Waals surface area contributed by atoms with Gasteiger partial charge in [-0.2, -0.15) is 0 Å². The van der Waals surface area contributed by atoms with Crippen molar-refractivity contribution in [3.8, 4) is 0 Å². The number of rotatable bonds is 3. The van der Waals surface area contributed by atoms with Gasteiger partial charge in [0.1, 0.15) is 10.8 Å². The maximum absolute atomic E-state index is 13.6. The summed E-state index contributed by atoms with van der Waals surface area (Å²) in [5, 5.41) is 6.79. The molecule has 0 aliphatic carbocycles. The summed E-state index contributed by atoms with van der Waals surface area (Å²) in [5.74, 6) is 0.123. The zero-order valence-electron chi connectivity index (χ0n) is 14.5. The van der Waals surface area contributed by atoms with Gasteiger partial charge < -0.3 is 15.2 Å². The van der Waals surface area contributed by atoms with E-state index in [9.17, 15) is 9.18 Å². The Morgan fingerprint density at radius 1 is 1.42 bits per heavy atom. The van der Waals surface area contributed by atoms with Gasteiger partial charge in [-0.05, 0) is 49.4 Å². The summed E-state index contributed by atoms with van der Waals surface area (Å²) in [5.41, 5.74) is 2.11. The van der Waals surface area contributed by atoms with E-state index in [1.54, 1.807) is 29.7 Å². The highest BCUT2D eigenvalue weighted by Crippen LogP contribution is 2.33. The lowest BCUT2D eigenvalue weighted by atomic mass is 9.89. The van der Waals surface area contributed by atoms with Crippen molar-refractivity contribution in [2.24, 2.45) is 0 Å². The van der Waals surface area contributed by atoms with Gasteiger partial charge in [0.25, 0.3) is 0 Å². The van der Waals surface area contributed by atoms with Crippen LogP contribution in [0.5, 0.6) is 0 Å². The molecule has 0 bridgehead atoms. The third-order valence-electron chi connectivity index (χ3n) is 5.06. The molecular weight excluding hydrogens is 351 g/mol. The number of hydrogen-bond acceptors (Lipinski definition) is 3. The molecule has 0 radical (unpaired) electrons. The van der Waals surface area contributed by atoms with Crippen LogP contribution in [0.25, 0.3) is 10.9 Å². The summed E-state index contributed by atoms with van der Waals surface area (Å²) >= 11 is 1.54. The summed E-state index contributed by atoms with van der Waals surface area (Å²) in [4.78, 5) is 21.8. The highest BCUT2D eigenvalue weighted by molar-refractivity contribution is 7.09. The summed E-state index contributed by atoms with van der Waals surface area (Å²) in [6.07, 6.45) is 5.48. The molecule has 7 heteroatoms. The van der Waals surface area contributed by atoms with E-state index in [2.05, 4.69) is 15.3 Å². The Hall–Kier alpha value is -2.41. The van der Waals surface area contributed by atoms with Crippen molar-refractivity contribution in [1.82, 2.24) is 20.2 Å². The molecule has 1 aromatic carbocycles. The summed E-state index contributed by atoms with van der Waals surface area (Å²) in [6.45, 7) is 3.34. The van der Waals surface area contributed by atoms with Crippen molar-refractivity contribution in [3.63, 3.8) is 0 Å². The topological polar surface area (TPSA) is 61.0 Å². The van der Waals surface area contributed by atoms with Crippen LogP contribution in [0.3, 0.4) is 0 Å². The molecule has 136 valence electrons. The molecule has 1 fully saturated rings. The summed E-state index contributed by atoms with van der Waals surface area (Å²) < 4.78 is 13.6. The number of aromatic nitrogens is 2. The average Bonchev–Trinajstić information content (AvgIpc) is 3.31. The second-order valence-electron chi connectivity index (χ2n) is 6.74. The lowest BCUT2D eigenvalue weighted by Gasteiger charge is -2.32. The fourth-order valence-electron chi connectivity index (χ4n) is 3.63. The monoisotopic (exact) mass is 372 g/mol. The largest absolute Gasteiger partial charge is 0.361 e. The van der Waals surface area contributed by atoms with Crippen LogP contribution < -0.4 is 5.32 Å². The number of likely N-dealkylation sites (tertiary alicyclic amines) is 1. The first kappa shape index (κ1) is 17.0. The molecule has 1 saturated heterocycles. The Balaban J connectivity index is 1.39. The van der Waals surface area contributed by atoms with E-state index in [-0.39, 0.29) is 17.9 Å². The number of nitrogens with one attached hydrogen (secondary N) is 2. The van der Waals surface area contributed by atoms with Crippen LogP contribution in [-0.4, -0.2) is 34.0 Å². The molecule has 3 heterocycles. The van der Waals surface area contributed by atoms with Gasteiger partial charge >= 0.3 is 6.03 Å². The molecule has 1 atom stereocenters. The Kier molecular flexibility index (Phi) is 4.63. The second kappa shape index (κ2) is 7.07. The number of carbonyl (C=O) groups is 1. The number of piperidine rings is 1. The number of urea groups is 1. The first-order valence-corrected chi connectivity index (χ1v) is 9.71. The molecule has 0 unspecified atom stereocenters. The van der Waals surface area contributed by atoms with Crippen LogP contribution in [-0.2, 0) is 0 Å². The van der Waals surface area contributed by atoms with Crippen molar-refractivity contribution in [2.45, 2.75) is 31.7 Å². The average molecular weight is 372 g/mol. The van der Waals surface area contributed by atoms with Crippen LogP contribution in [0.4, 0.5) is 9.18 Å². The predicted octanol–water partition coefficient (Wildman–Crippen LogP) is 4.41. The third-order valence-corrected chi connectivity index (χ3v) is 6.02. The molecule has 1 aliphatic heterocycles. The summed E-state index contributed by atoms with van der Waals surface area (Å²) in [7, 11) is 0. The molecule has 1 aliphatic rings. The minimum atomic E-state index is -0.216. The Morgan fingerprint density at radius 2 is 2.23 bits per heavy atom. The zero-order chi connectivity index (χ0) is 18.1. The van der Waals surface area contributed by atoms with Crippen molar-refractivity contribution >= 4 is 28.3 Å². The van der Waals surface area contributed by atoms with Gasteiger partial charge in [-0.15, -0.1) is 11.3 Å². The Bertz CT molecular complexity index is 900. The highest BCUT2D eigenvalue weighted by atomic mass is 32.1. The normalized spacial score (nSPS) is 16.8.